The molecule has 0 saturated carbocycles. The molecule has 20 heavy (non-hydrogen) atoms. The average Bonchev–Trinajstić information content (AvgIpc) is 2.97. The molecule has 2 heterocycles. The Kier molecular flexibility index (Phi) is 5.37. The molecule has 0 amide bonds. The second kappa shape index (κ2) is 7.25. The van der Waals surface area contributed by atoms with Gasteiger partial charge < -0.3 is 5.32 Å². The van der Waals surface area contributed by atoms with Crippen LogP contribution in [0.5, 0.6) is 0 Å². The number of hydrogen-bond acceptors (Lipinski definition) is 4. The van der Waals surface area contributed by atoms with Gasteiger partial charge in [-0.3, -0.25) is 4.90 Å². The van der Waals surface area contributed by atoms with Crippen molar-refractivity contribution >= 4 is 5.82 Å². The first-order chi connectivity index (χ1) is 9.70. The fraction of sp³-hybridized carbons (Fsp3) is 0.625. The van der Waals surface area contributed by atoms with Gasteiger partial charge in [-0.1, -0.05) is 13.8 Å². The van der Waals surface area contributed by atoms with Crippen molar-refractivity contribution in [2.75, 3.05) is 25.0 Å². The third-order valence-electron chi connectivity index (χ3n) is 3.83. The minimum Gasteiger partial charge on any atom is -0.367 e. The number of anilines is 1. The normalized spacial score (nSPS) is 17.1. The molecule has 1 atom stereocenters. The van der Waals surface area contributed by atoms with Gasteiger partial charge in [-0.2, -0.15) is 5.26 Å². The van der Waals surface area contributed by atoms with E-state index in [9.17, 15) is 0 Å². The Balaban J connectivity index is 1.99. The highest BCUT2D eigenvalue weighted by atomic mass is 15.2. The Morgan fingerprint density at radius 3 is 2.80 bits per heavy atom. The van der Waals surface area contributed by atoms with Crippen molar-refractivity contribution in [2.24, 2.45) is 5.92 Å². The summed E-state index contributed by atoms with van der Waals surface area (Å²) < 4.78 is 0. The van der Waals surface area contributed by atoms with E-state index >= 15 is 0 Å². The van der Waals surface area contributed by atoms with Crippen LogP contribution >= 0.6 is 0 Å². The molecule has 1 aromatic rings. The molecule has 0 aromatic carbocycles. The van der Waals surface area contributed by atoms with Crippen LogP contribution in [0.15, 0.2) is 18.3 Å². The van der Waals surface area contributed by atoms with Gasteiger partial charge in [0.25, 0.3) is 0 Å². The first kappa shape index (κ1) is 14.8. The van der Waals surface area contributed by atoms with Crippen LogP contribution in [0.4, 0.5) is 5.82 Å². The molecule has 4 nitrogen and oxygen atoms in total. The van der Waals surface area contributed by atoms with Crippen LogP contribution in [0.2, 0.25) is 0 Å². The van der Waals surface area contributed by atoms with Crippen LogP contribution < -0.4 is 5.32 Å². The van der Waals surface area contributed by atoms with Crippen LogP contribution in [-0.2, 0) is 0 Å². The van der Waals surface area contributed by atoms with Crippen molar-refractivity contribution in [3.8, 4) is 6.07 Å². The SMILES string of the molecule is CC(C)CC(CNc1ncccc1C#N)N1CCCC1. The maximum Gasteiger partial charge on any atom is 0.143 e. The summed E-state index contributed by atoms with van der Waals surface area (Å²) in [6.07, 6.45) is 5.53. The highest BCUT2D eigenvalue weighted by Gasteiger charge is 2.22. The Labute approximate surface area is 121 Å². The van der Waals surface area contributed by atoms with E-state index in [1.165, 1.54) is 32.4 Å². The lowest BCUT2D eigenvalue weighted by molar-refractivity contribution is 0.222. The van der Waals surface area contributed by atoms with Crippen LogP contribution in [0.25, 0.3) is 0 Å². The van der Waals surface area contributed by atoms with E-state index in [1.54, 1.807) is 12.3 Å². The summed E-state index contributed by atoms with van der Waals surface area (Å²) >= 11 is 0. The van der Waals surface area contributed by atoms with Gasteiger partial charge in [-0.25, -0.2) is 4.98 Å². The summed E-state index contributed by atoms with van der Waals surface area (Å²) in [5, 5.41) is 12.5. The molecular weight excluding hydrogens is 248 g/mol. The van der Waals surface area contributed by atoms with Gasteiger partial charge in [0.15, 0.2) is 0 Å². The number of pyridine rings is 1. The van der Waals surface area contributed by atoms with E-state index in [1.807, 2.05) is 6.07 Å². The number of hydrogen-bond donors (Lipinski definition) is 1. The lowest BCUT2D eigenvalue weighted by atomic mass is 10.0. The lowest BCUT2D eigenvalue weighted by Gasteiger charge is -2.29. The molecule has 1 aromatic heterocycles. The molecule has 1 fully saturated rings. The summed E-state index contributed by atoms with van der Waals surface area (Å²) in [4.78, 5) is 6.85. The standard InChI is InChI=1S/C16H24N4/c1-13(2)10-15(20-8-3-4-9-20)12-19-16-14(11-17)6-5-7-18-16/h5-7,13,15H,3-4,8-10,12H2,1-2H3,(H,18,19). The van der Waals surface area contributed by atoms with Crippen LogP contribution in [0.3, 0.4) is 0 Å². The molecule has 1 aliphatic heterocycles. The second-order valence-electron chi connectivity index (χ2n) is 5.92. The van der Waals surface area contributed by atoms with Crippen molar-refractivity contribution in [1.82, 2.24) is 9.88 Å². The van der Waals surface area contributed by atoms with E-state index in [2.05, 4.69) is 35.1 Å². The van der Waals surface area contributed by atoms with Gasteiger partial charge in [-0.05, 0) is 50.4 Å². The van der Waals surface area contributed by atoms with Crippen molar-refractivity contribution in [1.29, 1.82) is 5.26 Å². The third kappa shape index (κ3) is 3.94. The van der Waals surface area contributed by atoms with Gasteiger partial charge >= 0.3 is 0 Å². The molecule has 4 heteroatoms. The molecule has 0 spiro atoms. The minimum atomic E-state index is 0.533. The monoisotopic (exact) mass is 272 g/mol. The molecule has 1 aliphatic rings. The zero-order valence-electron chi connectivity index (χ0n) is 12.5. The fourth-order valence-corrected chi connectivity index (χ4v) is 2.86. The van der Waals surface area contributed by atoms with Gasteiger partial charge in [0.1, 0.15) is 11.9 Å². The molecule has 1 saturated heterocycles. The van der Waals surface area contributed by atoms with Gasteiger partial charge in [0, 0.05) is 18.8 Å². The Morgan fingerprint density at radius 1 is 1.40 bits per heavy atom. The summed E-state index contributed by atoms with van der Waals surface area (Å²) in [5.74, 6) is 1.39. The van der Waals surface area contributed by atoms with Crippen molar-refractivity contribution in [3.05, 3.63) is 23.9 Å². The largest absolute Gasteiger partial charge is 0.367 e. The van der Waals surface area contributed by atoms with Crippen LogP contribution in [0.1, 0.15) is 38.7 Å². The van der Waals surface area contributed by atoms with Gasteiger partial charge in [0.2, 0.25) is 0 Å². The first-order valence-corrected chi connectivity index (χ1v) is 7.53. The highest BCUT2D eigenvalue weighted by Crippen LogP contribution is 2.19. The topological polar surface area (TPSA) is 52.0 Å². The highest BCUT2D eigenvalue weighted by molar-refractivity contribution is 5.51. The van der Waals surface area contributed by atoms with E-state index in [4.69, 9.17) is 5.26 Å². The number of aromatic nitrogens is 1. The maximum absolute atomic E-state index is 9.10. The molecule has 0 bridgehead atoms. The predicted molar refractivity (Wildman–Crippen MR) is 81.5 cm³/mol. The van der Waals surface area contributed by atoms with E-state index in [0.717, 1.165) is 6.54 Å². The predicted octanol–water partition coefficient (Wildman–Crippen LogP) is 2.88. The molecule has 2 rings (SSSR count). The number of nitrogens with one attached hydrogen (secondary N) is 1. The summed E-state index contributed by atoms with van der Waals surface area (Å²) in [6.45, 7) is 7.80. The molecule has 0 radical (unpaired) electrons. The zero-order chi connectivity index (χ0) is 14.4. The Bertz CT molecular complexity index is 458. The molecular formula is C16H24N4. The summed E-state index contributed by atoms with van der Waals surface area (Å²) in [6, 6.07) is 6.33. The van der Waals surface area contributed by atoms with Crippen LogP contribution in [0, 0.1) is 17.2 Å². The summed E-state index contributed by atoms with van der Waals surface area (Å²) in [7, 11) is 0. The summed E-state index contributed by atoms with van der Waals surface area (Å²) in [5.41, 5.74) is 0.622. The molecule has 108 valence electrons. The zero-order valence-corrected chi connectivity index (χ0v) is 12.5. The lowest BCUT2D eigenvalue weighted by Crippen LogP contribution is -2.39. The Morgan fingerprint density at radius 2 is 2.15 bits per heavy atom. The number of likely N-dealkylation sites (tertiary alicyclic amines) is 1. The van der Waals surface area contributed by atoms with Crippen molar-refractivity contribution in [3.63, 3.8) is 0 Å². The third-order valence-corrected chi connectivity index (χ3v) is 3.83. The van der Waals surface area contributed by atoms with Crippen molar-refractivity contribution < 1.29 is 0 Å². The number of rotatable bonds is 6. The van der Waals surface area contributed by atoms with Gasteiger partial charge in [-0.15, -0.1) is 0 Å². The number of nitrogens with zero attached hydrogens (tertiary/aromatic N) is 3. The minimum absolute atomic E-state index is 0.533. The first-order valence-electron chi connectivity index (χ1n) is 7.53. The fourth-order valence-electron chi connectivity index (χ4n) is 2.86. The average molecular weight is 272 g/mol. The van der Waals surface area contributed by atoms with E-state index in [-0.39, 0.29) is 0 Å². The molecule has 1 N–H and O–H groups in total. The Hall–Kier alpha value is -1.60. The second-order valence-corrected chi connectivity index (χ2v) is 5.92. The van der Waals surface area contributed by atoms with Crippen molar-refractivity contribution in [2.45, 2.75) is 39.2 Å². The van der Waals surface area contributed by atoms with Gasteiger partial charge in [0.05, 0.1) is 5.56 Å². The number of nitriles is 1. The van der Waals surface area contributed by atoms with E-state index in [0.29, 0.717) is 23.3 Å². The smallest absolute Gasteiger partial charge is 0.143 e. The van der Waals surface area contributed by atoms with E-state index < -0.39 is 0 Å². The van der Waals surface area contributed by atoms with Crippen LogP contribution in [-0.4, -0.2) is 35.6 Å². The molecule has 0 aliphatic carbocycles. The molecule has 1 unspecified atom stereocenters. The quantitative estimate of drug-likeness (QED) is 0.865. The maximum atomic E-state index is 9.10.